The molecule has 0 saturated carbocycles. The molecule has 0 unspecified atom stereocenters. The van der Waals surface area contributed by atoms with Gasteiger partial charge in [-0.1, -0.05) is 83.9 Å². The molecule has 0 radical (unpaired) electrons. The number of rotatable bonds is 6. The Morgan fingerprint density at radius 3 is 1.84 bits per heavy atom. The van der Waals surface area contributed by atoms with Crippen molar-refractivity contribution in [3.8, 4) is 0 Å². The molecule has 0 fully saturated rings. The van der Waals surface area contributed by atoms with E-state index >= 15 is 0 Å². The summed E-state index contributed by atoms with van der Waals surface area (Å²) in [7, 11) is 0. The second kappa shape index (κ2) is 8.94. The standard InChI is InChI=1S/C24H15Cl2NO5/c25-18-11-16-17(12-19(18)26)24(31)27(23(16)30)13-20(28)32-22(15-9-5-2-6-10-15)21(29)14-7-3-1-4-8-14/h1-12,22H,13H2/t22-/m0/s1. The van der Waals surface area contributed by atoms with Crippen LogP contribution in [0.1, 0.15) is 42.7 Å². The Morgan fingerprint density at radius 1 is 0.812 bits per heavy atom. The lowest BCUT2D eigenvalue weighted by Crippen LogP contribution is -2.36. The van der Waals surface area contributed by atoms with Gasteiger partial charge in [-0.3, -0.25) is 24.1 Å². The van der Waals surface area contributed by atoms with Crippen molar-refractivity contribution in [2.45, 2.75) is 6.10 Å². The second-order valence-corrected chi connectivity index (χ2v) is 7.83. The van der Waals surface area contributed by atoms with Gasteiger partial charge in [-0.25, -0.2) is 0 Å². The minimum Gasteiger partial charge on any atom is -0.448 e. The summed E-state index contributed by atoms with van der Waals surface area (Å²) in [5.41, 5.74) is 0.934. The topological polar surface area (TPSA) is 80.8 Å². The molecule has 1 heterocycles. The van der Waals surface area contributed by atoms with Gasteiger partial charge in [0.2, 0.25) is 5.78 Å². The summed E-state index contributed by atoms with van der Waals surface area (Å²) in [6.45, 7) is -0.660. The largest absolute Gasteiger partial charge is 0.448 e. The molecule has 0 bridgehead atoms. The van der Waals surface area contributed by atoms with Crippen LogP contribution in [-0.2, 0) is 9.53 Å². The monoisotopic (exact) mass is 467 g/mol. The van der Waals surface area contributed by atoms with Gasteiger partial charge in [-0.05, 0) is 12.1 Å². The van der Waals surface area contributed by atoms with Crippen LogP contribution in [0.5, 0.6) is 0 Å². The Bertz CT molecular complexity index is 1190. The van der Waals surface area contributed by atoms with E-state index < -0.39 is 36.2 Å². The lowest BCUT2D eigenvalue weighted by Gasteiger charge is -2.19. The van der Waals surface area contributed by atoms with Gasteiger partial charge in [-0.2, -0.15) is 0 Å². The maximum absolute atomic E-state index is 13.0. The van der Waals surface area contributed by atoms with Gasteiger partial charge >= 0.3 is 5.97 Å². The summed E-state index contributed by atoms with van der Waals surface area (Å²) < 4.78 is 5.47. The quantitative estimate of drug-likeness (QED) is 0.296. The molecule has 0 aromatic heterocycles. The van der Waals surface area contributed by atoms with Crippen LogP contribution in [0.15, 0.2) is 72.8 Å². The molecule has 32 heavy (non-hydrogen) atoms. The zero-order valence-corrected chi connectivity index (χ0v) is 18.0. The highest BCUT2D eigenvalue weighted by molar-refractivity contribution is 6.43. The molecule has 3 aromatic carbocycles. The Hall–Kier alpha value is -3.48. The summed E-state index contributed by atoms with van der Waals surface area (Å²) in [5, 5.41) is 0.238. The van der Waals surface area contributed by atoms with Crippen LogP contribution in [-0.4, -0.2) is 35.0 Å². The fourth-order valence-corrected chi connectivity index (χ4v) is 3.71. The first-order valence-electron chi connectivity index (χ1n) is 9.55. The van der Waals surface area contributed by atoms with Gasteiger partial charge in [0.05, 0.1) is 21.2 Å². The van der Waals surface area contributed by atoms with Crippen molar-refractivity contribution >= 4 is 46.8 Å². The number of hydrogen-bond acceptors (Lipinski definition) is 5. The third-order valence-corrected chi connectivity index (χ3v) is 5.67. The summed E-state index contributed by atoms with van der Waals surface area (Å²) in [5.74, 6) is -2.71. The third kappa shape index (κ3) is 4.15. The van der Waals surface area contributed by atoms with Crippen molar-refractivity contribution in [2.24, 2.45) is 0 Å². The van der Waals surface area contributed by atoms with Crippen LogP contribution >= 0.6 is 23.2 Å². The molecule has 0 spiro atoms. The maximum atomic E-state index is 13.0. The molecule has 8 heteroatoms. The van der Waals surface area contributed by atoms with E-state index in [9.17, 15) is 19.2 Å². The summed E-state index contributed by atoms with van der Waals surface area (Å²) >= 11 is 11.9. The number of benzene rings is 3. The van der Waals surface area contributed by atoms with Crippen molar-refractivity contribution in [1.82, 2.24) is 4.90 Å². The van der Waals surface area contributed by atoms with Crippen LogP contribution in [0.25, 0.3) is 0 Å². The van der Waals surface area contributed by atoms with Crippen LogP contribution in [0.2, 0.25) is 10.0 Å². The Morgan fingerprint density at radius 2 is 1.31 bits per heavy atom. The van der Waals surface area contributed by atoms with Gasteiger partial charge in [0.15, 0.2) is 6.10 Å². The number of ketones is 1. The molecule has 0 N–H and O–H groups in total. The molecule has 3 aromatic rings. The Kier molecular flexibility index (Phi) is 6.08. The number of Topliss-reactive ketones (excluding diaryl/α,β-unsaturated/α-hetero) is 1. The molecule has 0 saturated heterocycles. The number of fused-ring (bicyclic) bond motifs is 1. The third-order valence-electron chi connectivity index (χ3n) is 4.95. The number of esters is 1. The lowest BCUT2D eigenvalue weighted by molar-refractivity contribution is -0.147. The van der Waals surface area contributed by atoms with E-state index in [0.717, 1.165) is 4.90 Å². The van der Waals surface area contributed by atoms with E-state index in [4.69, 9.17) is 27.9 Å². The maximum Gasteiger partial charge on any atom is 0.327 e. The first-order chi connectivity index (χ1) is 15.4. The van der Waals surface area contributed by atoms with Crippen molar-refractivity contribution in [3.63, 3.8) is 0 Å². The van der Waals surface area contributed by atoms with E-state index in [1.165, 1.54) is 12.1 Å². The average molecular weight is 468 g/mol. The molecule has 6 nitrogen and oxygen atoms in total. The number of ether oxygens (including phenoxy) is 1. The fourth-order valence-electron chi connectivity index (χ4n) is 3.38. The van der Waals surface area contributed by atoms with Crippen LogP contribution in [0.3, 0.4) is 0 Å². The first-order valence-corrected chi connectivity index (χ1v) is 10.3. The fraction of sp³-hybridized carbons (Fsp3) is 0.0833. The minimum absolute atomic E-state index is 0.0529. The zero-order chi connectivity index (χ0) is 22.8. The highest BCUT2D eigenvalue weighted by Crippen LogP contribution is 2.31. The van der Waals surface area contributed by atoms with Gasteiger partial charge in [-0.15, -0.1) is 0 Å². The number of carbonyl (C=O) groups is 4. The smallest absolute Gasteiger partial charge is 0.327 e. The van der Waals surface area contributed by atoms with E-state index in [0.29, 0.717) is 11.1 Å². The molecule has 0 aliphatic carbocycles. The van der Waals surface area contributed by atoms with E-state index in [-0.39, 0.29) is 21.2 Å². The van der Waals surface area contributed by atoms with Crippen LogP contribution in [0.4, 0.5) is 0 Å². The van der Waals surface area contributed by atoms with Gasteiger partial charge in [0.25, 0.3) is 11.8 Å². The normalized spacial score (nSPS) is 13.6. The highest BCUT2D eigenvalue weighted by atomic mass is 35.5. The molecular formula is C24H15Cl2NO5. The van der Waals surface area contributed by atoms with Gasteiger partial charge in [0, 0.05) is 11.1 Å². The Labute approximate surface area is 193 Å². The number of hydrogen-bond donors (Lipinski definition) is 0. The SMILES string of the molecule is O=C(CN1C(=O)c2cc(Cl)c(Cl)cc2C1=O)O[C@H](C(=O)c1ccccc1)c1ccccc1. The molecule has 4 rings (SSSR count). The second-order valence-electron chi connectivity index (χ2n) is 7.02. The Balaban J connectivity index is 1.56. The predicted octanol–water partition coefficient (Wildman–Crippen LogP) is 4.76. The van der Waals surface area contributed by atoms with Crippen molar-refractivity contribution in [3.05, 3.63) is 105 Å². The highest BCUT2D eigenvalue weighted by Gasteiger charge is 2.38. The van der Waals surface area contributed by atoms with Crippen molar-refractivity contribution in [1.29, 1.82) is 0 Å². The van der Waals surface area contributed by atoms with Gasteiger partial charge in [0.1, 0.15) is 6.54 Å². The van der Waals surface area contributed by atoms with Crippen LogP contribution in [0, 0.1) is 0 Å². The predicted molar refractivity (Wildman–Crippen MR) is 118 cm³/mol. The minimum atomic E-state index is -1.23. The van der Waals surface area contributed by atoms with Crippen LogP contribution < -0.4 is 0 Å². The number of carbonyl (C=O) groups excluding carboxylic acids is 4. The lowest BCUT2D eigenvalue weighted by atomic mass is 10.00. The molecule has 1 aliphatic heterocycles. The zero-order valence-electron chi connectivity index (χ0n) is 16.5. The number of imide groups is 1. The van der Waals surface area contributed by atoms with Crippen molar-refractivity contribution < 1.29 is 23.9 Å². The van der Waals surface area contributed by atoms with E-state index in [2.05, 4.69) is 0 Å². The summed E-state index contributed by atoms with van der Waals surface area (Å²) in [4.78, 5) is 51.8. The molecule has 1 atom stereocenters. The first kappa shape index (κ1) is 21.7. The molecule has 2 amide bonds. The molecule has 160 valence electrons. The molecular weight excluding hydrogens is 453 g/mol. The van der Waals surface area contributed by atoms with E-state index in [1.54, 1.807) is 60.7 Å². The number of nitrogens with zero attached hydrogens (tertiary/aromatic N) is 1. The number of amides is 2. The average Bonchev–Trinajstić information content (AvgIpc) is 3.02. The summed E-state index contributed by atoms with van der Waals surface area (Å²) in [6.07, 6.45) is -1.23. The number of halogens is 2. The van der Waals surface area contributed by atoms with E-state index in [1.807, 2.05) is 0 Å². The summed E-state index contributed by atoms with van der Waals surface area (Å²) in [6, 6.07) is 19.5. The molecule has 1 aliphatic rings. The van der Waals surface area contributed by atoms with Crippen molar-refractivity contribution in [2.75, 3.05) is 6.54 Å². The van der Waals surface area contributed by atoms with Gasteiger partial charge < -0.3 is 4.74 Å².